The van der Waals surface area contributed by atoms with Gasteiger partial charge in [0.15, 0.2) is 9.84 Å². The first-order chi connectivity index (χ1) is 7.42. The summed E-state index contributed by atoms with van der Waals surface area (Å²) in [6, 6.07) is 4.71. The number of hydrogen-bond donors (Lipinski definition) is 0. The maximum absolute atomic E-state index is 11.7. The number of hydrogen-bond acceptors (Lipinski definition) is 4. The molecule has 1 aromatic carbocycles. The molecule has 1 rings (SSSR count). The molecule has 0 aromatic heterocycles. The van der Waals surface area contributed by atoms with Gasteiger partial charge in [0.25, 0.3) is 0 Å². The Morgan fingerprint density at radius 3 is 2.19 bits per heavy atom. The van der Waals surface area contributed by atoms with E-state index in [2.05, 4.69) is 0 Å². The van der Waals surface area contributed by atoms with Crippen LogP contribution in [0.3, 0.4) is 0 Å². The second kappa shape index (κ2) is 4.54. The molecule has 0 saturated heterocycles. The van der Waals surface area contributed by atoms with Gasteiger partial charge in [-0.3, -0.25) is 0 Å². The third-order valence-corrected chi connectivity index (χ3v) is 3.71. The van der Waals surface area contributed by atoms with E-state index in [0.717, 1.165) is 11.1 Å². The van der Waals surface area contributed by atoms with Crippen molar-refractivity contribution in [2.45, 2.75) is 18.7 Å². The standard InChI is InChI=1S/C11H13NO3S/c1-8-6-10(16(13,14)5-4-12)7-9(2)11(8)15-3/h6-7H,5H2,1-3H3. The number of sulfone groups is 1. The highest BCUT2D eigenvalue weighted by atomic mass is 32.2. The molecule has 1 aromatic rings. The minimum absolute atomic E-state index is 0.171. The Kier molecular flexibility index (Phi) is 3.55. The second-order valence-electron chi connectivity index (χ2n) is 3.51. The largest absolute Gasteiger partial charge is 0.496 e. The van der Waals surface area contributed by atoms with E-state index < -0.39 is 15.6 Å². The molecule has 0 saturated carbocycles. The van der Waals surface area contributed by atoms with Crippen LogP contribution in [-0.4, -0.2) is 21.3 Å². The van der Waals surface area contributed by atoms with Gasteiger partial charge in [-0.05, 0) is 37.1 Å². The molecule has 0 fully saturated rings. The lowest BCUT2D eigenvalue weighted by Gasteiger charge is -2.10. The van der Waals surface area contributed by atoms with Crippen molar-refractivity contribution in [3.05, 3.63) is 23.3 Å². The zero-order chi connectivity index (χ0) is 12.3. The van der Waals surface area contributed by atoms with E-state index in [4.69, 9.17) is 10.00 Å². The fourth-order valence-corrected chi connectivity index (χ4v) is 2.63. The molecular formula is C11H13NO3S. The van der Waals surface area contributed by atoms with Gasteiger partial charge in [-0.15, -0.1) is 0 Å². The van der Waals surface area contributed by atoms with Crippen molar-refractivity contribution in [1.82, 2.24) is 0 Å². The summed E-state index contributed by atoms with van der Waals surface area (Å²) in [5.41, 5.74) is 1.50. The van der Waals surface area contributed by atoms with E-state index in [1.807, 2.05) is 0 Å². The first kappa shape index (κ1) is 12.5. The normalized spacial score (nSPS) is 10.9. The quantitative estimate of drug-likeness (QED) is 0.803. The lowest BCUT2D eigenvalue weighted by molar-refractivity contribution is 0.408. The van der Waals surface area contributed by atoms with E-state index in [-0.39, 0.29) is 4.90 Å². The lowest BCUT2D eigenvalue weighted by atomic mass is 10.1. The molecule has 4 nitrogen and oxygen atoms in total. The molecule has 0 radical (unpaired) electrons. The third kappa shape index (κ3) is 2.34. The van der Waals surface area contributed by atoms with Crippen molar-refractivity contribution in [2.75, 3.05) is 12.9 Å². The summed E-state index contributed by atoms with van der Waals surface area (Å²) in [6.45, 7) is 3.55. The molecule has 86 valence electrons. The molecule has 0 N–H and O–H groups in total. The zero-order valence-electron chi connectivity index (χ0n) is 9.44. The lowest BCUT2D eigenvalue weighted by Crippen LogP contribution is -2.06. The van der Waals surface area contributed by atoms with E-state index >= 15 is 0 Å². The number of aryl methyl sites for hydroxylation is 2. The maximum Gasteiger partial charge on any atom is 0.191 e. The summed E-state index contributed by atoms with van der Waals surface area (Å²) in [5, 5.41) is 8.45. The number of nitriles is 1. The topological polar surface area (TPSA) is 67.2 Å². The van der Waals surface area contributed by atoms with Gasteiger partial charge in [-0.25, -0.2) is 8.42 Å². The Labute approximate surface area is 95.4 Å². The van der Waals surface area contributed by atoms with Gasteiger partial charge in [-0.1, -0.05) is 0 Å². The van der Waals surface area contributed by atoms with Gasteiger partial charge in [0, 0.05) is 0 Å². The predicted octanol–water partition coefficient (Wildman–Crippen LogP) is 1.61. The summed E-state index contributed by atoms with van der Waals surface area (Å²) in [7, 11) is -1.96. The zero-order valence-corrected chi connectivity index (χ0v) is 10.3. The summed E-state index contributed by atoms with van der Waals surface area (Å²) in [5.74, 6) is 0.175. The number of ether oxygens (including phenoxy) is 1. The highest BCUT2D eigenvalue weighted by molar-refractivity contribution is 7.91. The molecule has 0 aliphatic heterocycles. The number of methoxy groups -OCH3 is 1. The van der Waals surface area contributed by atoms with Crippen LogP contribution in [0.4, 0.5) is 0 Å². The van der Waals surface area contributed by atoms with Crippen molar-refractivity contribution >= 4 is 9.84 Å². The monoisotopic (exact) mass is 239 g/mol. The molecule has 0 spiro atoms. The molecule has 0 aliphatic rings. The molecule has 0 bridgehead atoms. The molecule has 0 heterocycles. The second-order valence-corrected chi connectivity index (χ2v) is 5.50. The van der Waals surface area contributed by atoms with Crippen molar-refractivity contribution in [2.24, 2.45) is 0 Å². The Bertz CT molecular complexity index is 518. The average molecular weight is 239 g/mol. The van der Waals surface area contributed by atoms with Crippen molar-refractivity contribution in [3.63, 3.8) is 0 Å². The number of nitrogens with zero attached hydrogens (tertiary/aromatic N) is 1. The van der Waals surface area contributed by atoms with Crippen LogP contribution < -0.4 is 4.74 Å². The highest BCUT2D eigenvalue weighted by Gasteiger charge is 2.16. The predicted molar refractivity (Wildman–Crippen MR) is 60.1 cm³/mol. The van der Waals surface area contributed by atoms with Gasteiger partial charge < -0.3 is 4.74 Å². The summed E-state index contributed by atoms with van der Waals surface area (Å²) in [4.78, 5) is 0.171. The van der Waals surface area contributed by atoms with Crippen LogP contribution >= 0.6 is 0 Å². The molecular weight excluding hydrogens is 226 g/mol. The van der Waals surface area contributed by atoms with E-state index in [1.165, 1.54) is 12.1 Å². The van der Waals surface area contributed by atoms with Crippen LogP contribution in [0.15, 0.2) is 17.0 Å². The van der Waals surface area contributed by atoms with Crippen LogP contribution in [0.5, 0.6) is 5.75 Å². The molecule has 0 amide bonds. The van der Waals surface area contributed by atoms with Gasteiger partial charge in [0.2, 0.25) is 0 Å². The number of benzene rings is 1. The molecule has 0 aliphatic carbocycles. The minimum Gasteiger partial charge on any atom is -0.496 e. The van der Waals surface area contributed by atoms with E-state index in [9.17, 15) is 8.42 Å². The molecule has 16 heavy (non-hydrogen) atoms. The summed E-state index contributed by atoms with van der Waals surface area (Å²) >= 11 is 0. The van der Waals surface area contributed by atoms with Crippen LogP contribution in [0.25, 0.3) is 0 Å². The fraction of sp³-hybridized carbons (Fsp3) is 0.364. The smallest absolute Gasteiger partial charge is 0.191 e. The van der Waals surface area contributed by atoms with Gasteiger partial charge in [0.05, 0.1) is 18.1 Å². The minimum atomic E-state index is -3.50. The third-order valence-electron chi connectivity index (χ3n) is 2.25. The van der Waals surface area contributed by atoms with E-state index in [1.54, 1.807) is 27.0 Å². The Balaban J connectivity index is 3.36. The Hall–Kier alpha value is -1.54. The maximum atomic E-state index is 11.7. The first-order valence-corrected chi connectivity index (χ1v) is 6.32. The first-order valence-electron chi connectivity index (χ1n) is 4.67. The Morgan fingerprint density at radius 2 is 1.81 bits per heavy atom. The summed E-state index contributed by atoms with van der Waals surface area (Å²) in [6.07, 6.45) is 0. The van der Waals surface area contributed by atoms with E-state index in [0.29, 0.717) is 5.75 Å². The van der Waals surface area contributed by atoms with Crippen LogP contribution in [0.1, 0.15) is 11.1 Å². The van der Waals surface area contributed by atoms with Gasteiger partial charge in [0.1, 0.15) is 11.5 Å². The van der Waals surface area contributed by atoms with Crippen LogP contribution in [0, 0.1) is 25.2 Å². The highest BCUT2D eigenvalue weighted by Crippen LogP contribution is 2.26. The molecule has 0 atom stereocenters. The molecule has 0 unspecified atom stereocenters. The van der Waals surface area contributed by atoms with Gasteiger partial charge >= 0.3 is 0 Å². The van der Waals surface area contributed by atoms with Crippen LogP contribution in [-0.2, 0) is 9.84 Å². The molecule has 5 heteroatoms. The van der Waals surface area contributed by atoms with Crippen molar-refractivity contribution in [1.29, 1.82) is 5.26 Å². The average Bonchev–Trinajstić information content (AvgIpc) is 2.17. The Morgan fingerprint density at radius 1 is 1.31 bits per heavy atom. The van der Waals surface area contributed by atoms with Crippen LogP contribution in [0.2, 0.25) is 0 Å². The summed E-state index contributed by atoms with van der Waals surface area (Å²) < 4.78 is 28.5. The SMILES string of the molecule is COc1c(C)cc(S(=O)(=O)CC#N)cc1C. The fourth-order valence-electron chi connectivity index (χ4n) is 1.58. The van der Waals surface area contributed by atoms with Crippen molar-refractivity contribution in [3.8, 4) is 11.8 Å². The van der Waals surface area contributed by atoms with Crippen molar-refractivity contribution < 1.29 is 13.2 Å². The van der Waals surface area contributed by atoms with Gasteiger partial charge in [-0.2, -0.15) is 5.26 Å². The number of rotatable bonds is 3.